The normalized spacial score (nSPS) is 14.9. The van der Waals surface area contributed by atoms with Crippen molar-refractivity contribution >= 4 is 5.91 Å². The third-order valence-electron chi connectivity index (χ3n) is 4.16. The van der Waals surface area contributed by atoms with Gasteiger partial charge in [0.25, 0.3) is 5.91 Å². The van der Waals surface area contributed by atoms with E-state index in [9.17, 15) is 9.18 Å². The van der Waals surface area contributed by atoms with Crippen LogP contribution in [0.2, 0.25) is 0 Å². The lowest BCUT2D eigenvalue weighted by Gasteiger charge is -2.20. The molecule has 1 amide bonds. The largest absolute Gasteiger partial charge is 0.493 e. The summed E-state index contributed by atoms with van der Waals surface area (Å²) in [6.45, 7) is 0. The molecule has 0 aromatic heterocycles. The number of carbonyl (C=O) groups is 1. The van der Waals surface area contributed by atoms with Gasteiger partial charge in [0.2, 0.25) is 0 Å². The van der Waals surface area contributed by atoms with Gasteiger partial charge in [0.15, 0.2) is 11.5 Å². The van der Waals surface area contributed by atoms with Gasteiger partial charge in [-0.15, -0.1) is 0 Å². The molecule has 120 valence electrons. The quantitative estimate of drug-likeness (QED) is 0.921. The third kappa shape index (κ3) is 2.86. The van der Waals surface area contributed by atoms with E-state index in [2.05, 4.69) is 5.32 Å². The van der Waals surface area contributed by atoms with Crippen molar-refractivity contribution in [3.05, 3.63) is 59.4 Å². The second-order valence-electron chi connectivity index (χ2n) is 5.59. The van der Waals surface area contributed by atoms with Gasteiger partial charge in [-0.3, -0.25) is 4.79 Å². The summed E-state index contributed by atoms with van der Waals surface area (Å²) in [6.07, 6.45) is 1.62. The first-order valence-corrected chi connectivity index (χ1v) is 7.39. The highest BCUT2D eigenvalue weighted by atomic mass is 19.1. The van der Waals surface area contributed by atoms with E-state index in [-0.39, 0.29) is 5.56 Å². The van der Waals surface area contributed by atoms with E-state index in [1.54, 1.807) is 26.4 Å². The standard InChI is InChI=1S/C18H18FNO3/c1-22-15-8-7-12(11-16(15)23-2)18(9-10-18)20-17(21)13-5-3-4-6-14(13)19/h3-8,11H,9-10H2,1-2H3,(H,20,21). The number of rotatable bonds is 5. The smallest absolute Gasteiger partial charge is 0.254 e. The Hall–Kier alpha value is -2.56. The monoisotopic (exact) mass is 315 g/mol. The average Bonchev–Trinajstić information content (AvgIpc) is 3.35. The zero-order valence-electron chi connectivity index (χ0n) is 13.1. The Morgan fingerprint density at radius 1 is 1.09 bits per heavy atom. The van der Waals surface area contributed by atoms with Gasteiger partial charge in [-0.25, -0.2) is 4.39 Å². The second-order valence-corrected chi connectivity index (χ2v) is 5.59. The summed E-state index contributed by atoms with van der Waals surface area (Å²) < 4.78 is 24.3. The lowest BCUT2D eigenvalue weighted by atomic mass is 10.0. The zero-order chi connectivity index (χ0) is 16.4. The Bertz CT molecular complexity index is 741. The molecule has 1 saturated carbocycles. The van der Waals surface area contributed by atoms with Crippen molar-refractivity contribution in [2.45, 2.75) is 18.4 Å². The van der Waals surface area contributed by atoms with Crippen LogP contribution in [0.4, 0.5) is 4.39 Å². The molecule has 1 aliphatic carbocycles. The Balaban J connectivity index is 1.86. The van der Waals surface area contributed by atoms with Crippen LogP contribution in [-0.4, -0.2) is 20.1 Å². The minimum absolute atomic E-state index is 0.0549. The Labute approximate surface area is 134 Å². The molecule has 1 N–H and O–H groups in total. The van der Waals surface area contributed by atoms with Gasteiger partial charge >= 0.3 is 0 Å². The van der Waals surface area contributed by atoms with Crippen LogP contribution in [0.1, 0.15) is 28.8 Å². The van der Waals surface area contributed by atoms with Gasteiger partial charge in [-0.05, 0) is 42.7 Å². The first-order chi connectivity index (χ1) is 11.1. The van der Waals surface area contributed by atoms with Crippen molar-refractivity contribution < 1.29 is 18.7 Å². The molecular weight excluding hydrogens is 297 g/mol. The zero-order valence-corrected chi connectivity index (χ0v) is 13.1. The predicted molar refractivity (Wildman–Crippen MR) is 84.3 cm³/mol. The predicted octanol–water partition coefficient (Wildman–Crippen LogP) is 3.26. The Morgan fingerprint density at radius 3 is 2.39 bits per heavy atom. The van der Waals surface area contributed by atoms with Crippen LogP contribution < -0.4 is 14.8 Å². The topological polar surface area (TPSA) is 47.6 Å². The highest BCUT2D eigenvalue weighted by Crippen LogP contribution is 2.47. The van der Waals surface area contributed by atoms with Gasteiger partial charge in [0.1, 0.15) is 5.82 Å². The van der Waals surface area contributed by atoms with Gasteiger partial charge in [0, 0.05) is 0 Å². The van der Waals surface area contributed by atoms with E-state index < -0.39 is 17.3 Å². The number of halogens is 1. The summed E-state index contributed by atoms with van der Waals surface area (Å²) in [4.78, 5) is 12.4. The fourth-order valence-corrected chi connectivity index (χ4v) is 2.67. The molecule has 1 fully saturated rings. The van der Waals surface area contributed by atoms with Gasteiger partial charge in [0.05, 0.1) is 25.3 Å². The summed E-state index contributed by atoms with van der Waals surface area (Å²) in [6, 6.07) is 11.5. The molecule has 0 heterocycles. The maximum atomic E-state index is 13.8. The van der Waals surface area contributed by atoms with Crippen LogP contribution in [0.3, 0.4) is 0 Å². The fraction of sp³-hybridized carbons (Fsp3) is 0.278. The number of hydrogen-bond donors (Lipinski definition) is 1. The van der Waals surface area contributed by atoms with E-state index in [1.807, 2.05) is 18.2 Å². The molecule has 2 aromatic rings. The van der Waals surface area contributed by atoms with Crippen molar-refractivity contribution in [2.24, 2.45) is 0 Å². The Morgan fingerprint density at radius 2 is 1.78 bits per heavy atom. The average molecular weight is 315 g/mol. The first kappa shape index (κ1) is 15.3. The third-order valence-corrected chi connectivity index (χ3v) is 4.16. The minimum Gasteiger partial charge on any atom is -0.493 e. The molecule has 0 bridgehead atoms. The van der Waals surface area contributed by atoms with Crippen molar-refractivity contribution in [1.82, 2.24) is 5.32 Å². The summed E-state index contributed by atoms with van der Waals surface area (Å²) in [5, 5.41) is 2.95. The lowest BCUT2D eigenvalue weighted by Crippen LogP contribution is -2.35. The van der Waals surface area contributed by atoms with Crippen LogP contribution in [0.5, 0.6) is 11.5 Å². The SMILES string of the molecule is COc1ccc(C2(NC(=O)c3ccccc3F)CC2)cc1OC. The number of benzene rings is 2. The molecule has 2 aromatic carbocycles. The molecule has 0 atom stereocenters. The maximum Gasteiger partial charge on any atom is 0.254 e. The van der Waals surface area contributed by atoms with Gasteiger partial charge in [-0.1, -0.05) is 18.2 Å². The molecule has 3 rings (SSSR count). The van der Waals surface area contributed by atoms with E-state index in [0.717, 1.165) is 18.4 Å². The van der Waals surface area contributed by atoms with Gasteiger partial charge in [-0.2, -0.15) is 0 Å². The van der Waals surface area contributed by atoms with Crippen molar-refractivity contribution in [3.8, 4) is 11.5 Å². The highest BCUT2D eigenvalue weighted by molar-refractivity contribution is 5.95. The molecule has 0 unspecified atom stereocenters. The van der Waals surface area contributed by atoms with Crippen LogP contribution in [-0.2, 0) is 5.54 Å². The fourth-order valence-electron chi connectivity index (χ4n) is 2.67. The highest BCUT2D eigenvalue weighted by Gasteiger charge is 2.46. The van der Waals surface area contributed by atoms with Crippen LogP contribution in [0.25, 0.3) is 0 Å². The van der Waals surface area contributed by atoms with Crippen LogP contribution >= 0.6 is 0 Å². The van der Waals surface area contributed by atoms with Crippen molar-refractivity contribution in [2.75, 3.05) is 14.2 Å². The number of hydrogen-bond acceptors (Lipinski definition) is 3. The number of nitrogens with one attached hydrogen (secondary N) is 1. The molecule has 0 radical (unpaired) electrons. The summed E-state index contributed by atoms with van der Waals surface area (Å²) in [7, 11) is 3.14. The molecular formula is C18H18FNO3. The molecule has 5 heteroatoms. The maximum absolute atomic E-state index is 13.8. The van der Waals surface area contributed by atoms with Gasteiger partial charge < -0.3 is 14.8 Å². The summed E-state index contributed by atoms with van der Waals surface area (Å²) in [5.74, 6) is 0.312. The van der Waals surface area contributed by atoms with E-state index in [4.69, 9.17) is 9.47 Å². The number of methoxy groups -OCH3 is 2. The molecule has 1 aliphatic rings. The molecule has 0 saturated heterocycles. The first-order valence-electron chi connectivity index (χ1n) is 7.39. The molecule has 23 heavy (non-hydrogen) atoms. The lowest BCUT2D eigenvalue weighted by molar-refractivity contribution is 0.0926. The van der Waals surface area contributed by atoms with E-state index >= 15 is 0 Å². The Kier molecular flexibility index (Phi) is 3.94. The second kappa shape index (κ2) is 5.91. The van der Waals surface area contributed by atoms with E-state index in [1.165, 1.54) is 12.1 Å². The van der Waals surface area contributed by atoms with Crippen LogP contribution in [0.15, 0.2) is 42.5 Å². The molecule has 0 spiro atoms. The summed E-state index contributed by atoms with van der Waals surface area (Å²) >= 11 is 0. The van der Waals surface area contributed by atoms with Crippen molar-refractivity contribution in [3.63, 3.8) is 0 Å². The molecule has 4 nitrogen and oxygen atoms in total. The minimum atomic E-state index is -0.520. The number of ether oxygens (including phenoxy) is 2. The number of carbonyl (C=O) groups excluding carboxylic acids is 1. The number of amides is 1. The molecule has 0 aliphatic heterocycles. The van der Waals surface area contributed by atoms with Crippen molar-refractivity contribution in [1.29, 1.82) is 0 Å². The summed E-state index contributed by atoms with van der Waals surface area (Å²) in [5.41, 5.74) is 0.526. The van der Waals surface area contributed by atoms with E-state index in [0.29, 0.717) is 11.5 Å². The van der Waals surface area contributed by atoms with Crippen LogP contribution in [0, 0.1) is 5.82 Å².